The predicted octanol–water partition coefficient (Wildman–Crippen LogP) is 3.38. The average molecular weight is 801 g/mol. The molecule has 3 heterocycles. The topological polar surface area (TPSA) is 209 Å². The number of fused-ring (bicyclic) bond motifs is 18. The van der Waals surface area contributed by atoms with Gasteiger partial charge in [-0.1, -0.05) is 103 Å². The van der Waals surface area contributed by atoms with Crippen molar-refractivity contribution in [3.05, 3.63) is 148 Å². The third kappa shape index (κ3) is 11.5. The fourth-order valence-electron chi connectivity index (χ4n) is 6.57. The standard InChI is InChI=1S/C44H44N6O7S/c45-34-26-39(51)46-32-19-15-29(16-20-32)24-38(44(56)57)50-42(54)35(22-27-8-3-1-4-9-27)48-41(53)36(23-28-13-17-31(18-14-28)30-10-5-2-6-11-30)49-43(55)37(47-40(34)52)25-33-12-7-21-58-33/h1-21,34-38H,22-26,45H2,(H,46,51)(H,47,52)(H,48,53)(H,49,55)(H,50,54)(H,56,57). The van der Waals surface area contributed by atoms with E-state index >= 15 is 0 Å². The maximum atomic E-state index is 14.4. The fraction of sp³-hybridized carbons (Fsp3) is 0.227. The first kappa shape index (κ1) is 41.0. The normalized spacial score (nSPS) is 21.1. The Morgan fingerprint density at radius 3 is 1.71 bits per heavy atom. The first-order valence-corrected chi connectivity index (χ1v) is 19.7. The number of carbonyl (C=O) groups is 6. The first-order chi connectivity index (χ1) is 28.0. The molecular formula is C44H44N6O7S. The molecule has 0 fully saturated rings. The molecule has 58 heavy (non-hydrogen) atoms. The summed E-state index contributed by atoms with van der Waals surface area (Å²) in [6.07, 6.45) is -0.424. The second kappa shape index (κ2) is 19.5. The molecule has 5 atom stereocenters. The van der Waals surface area contributed by atoms with Crippen LogP contribution in [0.2, 0.25) is 0 Å². The van der Waals surface area contributed by atoms with Crippen molar-refractivity contribution in [2.45, 2.75) is 62.3 Å². The van der Waals surface area contributed by atoms with Crippen LogP contribution in [0, 0.1) is 0 Å². The largest absolute Gasteiger partial charge is 0.480 e. The number of carbonyl (C=O) groups excluding carboxylic acids is 5. The van der Waals surface area contributed by atoms with Crippen molar-refractivity contribution in [2.24, 2.45) is 5.73 Å². The van der Waals surface area contributed by atoms with Gasteiger partial charge in [0.15, 0.2) is 0 Å². The highest BCUT2D eigenvalue weighted by Crippen LogP contribution is 2.21. The van der Waals surface area contributed by atoms with E-state index in [9.17, 15) is 33.9 Å². The first-order valence-electron chi connectivity index (χ1n) is 18.8. The summed E-state index contributed by atoms with van der Waals surface area (Å²) in [5.74, 6) is -4.74. The number of amides is 5. The molecule has 0 spiro atoms. The number of carboxylic acid groups (broad SMARTS) is 1. The molecule has 298 valence electrons. The summed E-state index contributed by atoms with van der Waals surface area (Å²) in [6, 6.07) is 29.7. The Labute approximate surface area is 339 Å². The number of aliphatic carboxylic acids is 1. The number of nitrogens with two attached hydrogens (primary N) is 1. The SMILES string of the molecule is NC1CC(=O)Nc2ccc(cc2)CC(C(=O)O)NC(=O)C(Cc2ccccc2)NC(=O)C(Cc2ccc(-c3ccccc3)cc2)NC(=O)C(Cc2cccs2)NC1=O. The van der Waals surface area contributed by atoms with Crippen LogP contribution in [0.4, 0.5) is 5.69 Å². The smallest absolute Gasteiger partial charge is 0.326 e. The summed E-state index contributed by atoms with van der Waals surface area (Å²) in [5.41, 5.74) is 10.4. The number of hydrogen-bond donors (Lipinski definition) is 7. The minimum absolute atomic E-state index is 0.000748. The van der Waals surface area contributed by atoms with E-state index in [1.54, 1.807) is 60.7 Å². The Bertz CT molecular complexity index is 2200. The lowest BCUT2D eigenvalue weighted by Crippen LogP contribution is -2.59. The number of rotatable bonds is 8. The van der Waals surface area contributed by atoms with Gasteiger partial charge in [-0.15, -0.1) is 11.3 Å². The van der Waals surface area contributed by atoms with Gasteiger partial charge in [-0.2, -0.15) is 0 Å². The van der Waals surface area contributed by atoms with Crippen LogP contribution in [-0.2, 0) is 54.5 Å². The van der Waals surface area contributed by atoms with E-state index in [0.717, 1.165) is 16.0 Å². The van der Waals surface area contributed by atoms with Gasteiger partial charge in [0.2, 0.25) is 29.5 Å². The van der Waals surface area contributed by atoms with Crippen molar-refractivity contribution in [1.82, 2.24) is 21.3 Å². The molecule has 5 amide bonds. The number of nitrogens with one attached hydrogen (secondary N) is 5. The van der Waals surface area contributed by atoms with Crippen LogP contribution >= 0.6 is 11.3 Å². The van der Waals surface area contributed by atoms with Gasteiger partial charge in [0.05, 0.1) is 12.5 Å². The Balaban J connectivity index is 1.35. The highest BCUT2D eigenvalue weighted by Gasteiger charge is 2.33. The van der Waals surface area contributed by atoms with E-state index in [1.807, 2.05) is 66.0 Å². The second-order valence-electron chi connectivity index (χ2n) is 14.1. The maximum Gasteiger partial charge on any atom is 0.326 e. The van der Waals surface area contributed by atoms with Crippen molar-refractivity contribution in [3.63, 3.8) is 0 Å². The zero-order valence-corrected chi connectivity index (χ0v) is 32.2. The molecular weight excluding hydrogens is 757 g/mol. The summed E-state index contributed by atoms with van der Waals surface area (Å²) in [5, 5.41) is 25.6. The highest BCUT2D eigenvalue weighted by molar-refractivity contribution is 7.09. The van der Waals surface area contributed by atoms with Gasteiger partial charge in [-0.05, 0) is 51.4 Å². The molecule has 2 aliphatic heterocycles. The third-order valence-electron chi connectivity index (χ3n) is 9.70. The lowest BCUT2D eigenvalue weighted by atomic mass is 9.99. The van der Waals surface area contributed by atoms with Crippen LogP contribution in [-0.4, -0.2) is 70.8 Å². The minimum atomic E-state index is -1.37. The van der Waals surface area contributed by atoms with Crippen molar-refractivity contribution < 1.29 is 33.9 Å². The molecule has 4 aromatic carbocycles. The van der Waals surface area contributed by atoms with E-state index in [0.29, 0.717) is 22.4 Å². The molecule has 0 saturated heterocycles. The van der Waals surface area contributed by atoms with E-state index < -0.39 is 72.1 Å². The van der Waals surface area contributed by atoms with E-state index in [1.165, 1.54) is 11.3 Å². The van der Waals surface area contributed by atoms with Crippen LogP contribution in [0.3, 0.4) is 0 Å². The maximum absolute atomic E-state index is 14.4. The van der Waals surface area contributed by atoms with Crippen LogP contribution in [0.5, 0.6) is 0 Å². The van der Waals surface area contributed by atoms with Crippen LogP contribution in [0.25, 0.3) is 11.1 Å². The fourth-order valence-corrected chi connectivity index (χ4v) is 7.32. The molecule has 2 bridgehead atoms. The zero-order chi connectivity index (χ0) is 41.0. The quantitative estimate of drug-likeness (QED) is 0.116. The van der Waals surface area contributed by atoms with Gasteiger partial charge >= 0.3 is 5.97 Å². The molecule has 5 unspecified atom stereocenters. The van der Waals surface area contributed by atoms with Gasteiger partial charge in [0.1, 0.15) is 24.2 Å². The molecule has 2 aliphatic rings. The van der Waals surface area contributed by atoms with Crippen LogP contribution < -0.4 is 32.3 Å². The number of anilines is 1. The van der Waals surface area contributed by atoms with Crippen LogP contribution in [0.1, 0.15) is 28.0 Å². The third-order valence-corrected chi connectivity index (χ3v) is 10.6. The van der Waals surface area contributed by atoms with E-state index in [4.69, 9.17) is 5.73 Å². The molecule has 0 aliphatic carbocycles. The molecule has 5 aromatic rings. The summed E-state index contributed by atoms with van der Waals surface area (Å²) in [4.78, 5) is 82.2. The zero-order valence-electron chi connectivity index (χ0n) is 31.4. The van der Waals surface area contributed by atoms with Gasteiger partial charge in [0, 0.05) is 36.2 Å². The van der Waals surface area contributed by atoms with Gasteiger partial charge in [-0.3, -0.25) is 24.0 Å². The van der Waals surface area contributed by atoms with Crippen molar-refractivity contribution >= 4 is 52.5 Å². The Kier molecular flexibility index (Phi) is 13.8. The number of benzene rings is 4. The van der Waals surface area contributed by atoms with E-state index in [-0.39, 0.29) is 25.7 Å². The van der Waals surface area contributed by atoms with Gasteiger partial charge in [-0.25, -0.2) is 4.79 Å². The summed E-state index contributed by atoms with van der Waals surface area (Å²) in [6.45, 7) is 0. The van der Waals surface area contributed by atoms with Crippen LogP contribution in [0.15, 0.2) is 127 Å². The number of thiophene rings is 1. The summed E-state index contributed by atoms with van der Waals surface area (Å²) in [7, 11) is 0. The Morgan fingerprint density at radius 2 is 1.12 bits per heavy atom. The van der Waals surface area contributed by atoms with Gasteiger partial charge < -0.3 is 37.4 Å². The molecule has 1 aromatic heterocycles. The number of hydrogen-bond acceptors (Lipinski definition) is 8. The minimum Gasteiger partial charge on any atom is -0.480 e. The Morgan fingerprint density at radius 1 is 0.586 bits per heavy atom. The number of carboxylic acids is 1. The molecule has 7 rings (SSSR count). The molecule has 0 saturated carbocycles. The molecule has 8 N–H and O–H groups in total. The lowest BCUT2D eigenvalue weighted by Gasteiger charge is -2.27. The van der Waals surface area contributed by atoms with Crippen molar-refractivity contribution in [2.75, 3.05) is 5.32 Å². The Hall–Kier alpha value is -6.64. The molecule has 14 heteroatoms. The average Bonchev–Trinajstić information content (AvgIpc) is 3.74. The molecule has 0 radical (unpaired) electrons. The van der Waals surface area contributed by atoms with Gasteiger partial charge in [0.25, 0.3) is 0 Å². The predicted molar refractivity (Wildman–Crippen MR) is 220 cm³/mol. The van der Waals surface area contributed by atoms with Crippen molar-refractivity contribution in [1.29, 1.82) is 0 Å². The summed E-state index contributed by atoms with van der Waals surface area (Å²) < 4.78 is 0. The summed E-state index contributed by atoms with van der Waals surface area (Å²) >= 11 is 1.37. The lowest BCUT2D eigenvalue weighted by molar-refractivity contribution is -0.142. The van der Waals surface area contributed by atoms with Crippen molar-refractivity contribution in [3.8, 4) is 11.1 Å². The monoisotopic (exact) mass is 800 g/mol. The van der Waals surface area contributed by atoms with E-state index in [2.05, 4.69) is 26.6 Å². The highest BCUT2D eigenvalue weighted by atomic mass is 32.1. The molecule has 13 nitrogen and oxygen atoms in total. The second-order valence-corrected chi connectivity index (χ2v) is 15.1.